The third kappa shape index (κ3) is 9.77. The third-order valence-corrected chi connectivity index (χ3v) is 2.31. The first-order valence-electron chi connectivity index (χ1n) is 6.15. The van der Waals surface area contributed by atoms with Crippen LogP contribution >= 0.6 is 0 Å². The summed E-state index contributed by atoms with van der Waals surface area (Å²) in [5.41, 5.74) is 0. The highest BCUT2D eigenvalue weighted by molar-refractivity contribution is 5.79. The molecule has 4 heteroatoms. The van der Waals surface area contributed by atoms with Gasteiger partial charge in [-0.1, -0.05) is 13.8 Å². The Morgan fingerprint density at radius 3 is 2.31 bits per heavy atom. The van der Waals surface area contributed by atoms with Crippen LogP contribution in [0.25, 0.3) is 0 Å². The van der Waals surface area contributed by atoms with Crippen LogP contribution in [-0.4, -0.2) is 51.6 Å². The van der Waals surface area contributed by atoms with E-state index in [4.69, 9.17) is 0 Å². The number of aliphatic imine (C=N–C) groups is 1. The second-order valence-corrected chi connectivity index (χ2v) is 4.77. The van der Waals surface area contributed by atoms with Crippen molar-refractivity contribution in [3.63, 3.8) is 0 Å². The van der Waals surface area contributed by atoms with Crippen molar-refractivity contribution in [1.82, 2.24) is 15.5 Å². The second-order valence-electron chi connectivity index (χ2n) is 4.77. The molecule has 0 aromatic heterocycles. The van der Waals surface area contributed by atoms with Crippen molar-refractivity contribution in [2.75, 3.05) is 40.8 Å². The van der Waals surface area contributed by atoms with E-state index in [1.807, 2.05) is 7.05 Å². The van der Waals surface area contributed by atoms with Gasteiger partial charge in [0.05, 0.1) is 0 Å². The van der Waals surface area contributed by atoms with Crippen LogP contribution in [0.2, 0.25) is 0 Å². The van der Waals surface area contributed by atoms with Crippen LogP contribution in [0.4, 0.5) is 0 Å². The predicted octanol–water partition coefficient (Wildman–Crippen LogP) is 1.15. The Labute approximate surface area is 101 Å². The van der Waals surface area contributed by atoms with Crippen LogP contribution in [0.5, 0.6) is 0 Å². The molecule has 0 saturated carbocycles. The van der Waals surface area contributed by atoms with Gasteiger partial charge in [-0.3, -0.25) is 4.99 Å². The number of hydrogen-bond donors (Lipinski definition) is 2. The predicted molar refractivity (Wildman–Crippen MR) is 72.0 cm³/mol. The standard InChI is InChI=1S/C12H28N4/c1-11(2)7-9-15-12(13-3)14-8-6-10-16(4)5/h11H,6-10H2,1-5H3,(H2,13,14,15). The Morgan fingerprint density at radius 1 is 1.19 bits per heavy atom. The fraction of sp³-hybridized carbons (Fsp3) is 0.917. The van der Waals surface area contributed by atoms with Crippen LogP contribution in [0, 0.1) is 5.92 Å². The van der Waals surface area contributed by atoms with Crippen molar-refractivity contribution < 1.29 is 0 Å². The molecule has 0 aromatic carbocycles. The van der Waals surface area contributed by atoms with Gasteiger partial charge in [0.2, 0.25) is 0 Å². The van der Waals surface area contributed by atoms with Crippen molar-refractivity contribution in [3.05, 3.63) is 0 Å². The first kappa shape index (κ1) is 15.2. The topological polar surface area (TPSA) is 39.7 Å². The summed E-state index contributed by atoms with van der Waals surface area (Å²) in [6.45, 7) is 7.53. The van der Waals surface area contributed by atoms with E-state index in [1.54, 1.807) is 0 Å². The van der Waals surface area contributed by atoms with Gasteiger partial charge in [-0.05, 0) is 39.4 Å². The summed E-state index contributed by atoms with van der Waals surface area (Å²) in [5, 5.41) is 6.62. The lowest BCUT2D eigenvalue weighted by Gasteiger charge is -2.14. The van der Waals surface area contributed by atoms with Crippen molar-refractivity contribution in [3.8, 4) is 0 Å². The van der Waals surface area contributed by atoms with Crippen molar-refractivity contribution in [1.29, 1.82) is 0 Å². The highest BCUT2D eigenvalue weighted by Crippen LogP contribution is 1.95. The lowest BCUT2D eigenvalue weighted by Crippen LogP contribution is -2.39. The molecule has 0 fully saturated rings. The van der Waals surface area contributed by atoms with Crippen molar-refractivity contribution in [2.24, 2.45) is 10.9 Å². The van der Waals surface area contributed by atoms with Crippen LogP contribution < -0.4 is 10.6 Å². The minimum Gasteiger partial charge on any atom is -0.356 e. The largest absolute Gasteiger partial charge is 0.356 e. The van der Waals surface area contributed by atoms with Gasteiger partial charge in [0.15, 0.2) is 5.96 Å². The minimum absolute atomic E-state index is 0.736. The molecule has 0 heterocycles. The normalized spacial score (nSPS) is 12.3. The Balaban J connectivity index is 3.53. The Hall–Kier alpha value is -0.770. The third-order valence-electron chi connectivity index (χ3n) is 2.31. The molecule has 0 radical (unpaired) electrons. The van der Waals surface area contributed by atoms with Gasteiger partial charge in [-0.25, -0.2) is 0 Å². The summed E-state index contributed by atoms with van der Waals surface area (Å²) in [6.07, 6.45) is 2.32. The second kappa shape index (κ2) is 9.46. The summed E-state index contributed by atoms with van der Waals surface area (Å²) < 4.78 is 0. The molecule has 0 aliphatic rings. The maximum Gasteiger partial charge on any atom is 0.190 e. The maximum absolute atomic E-state index is 4.18. The average molecular weight is 228 g/mol. The van der Waals surface area contributed by atoms with E-state index in [1.165, 1.54) is 6.42 Å². The zero-order valence-electron chi connectivity index (χ0n) is 11.5. The number of hydrogen-bond acceptors (Lipinski definition) is 2. The Bertz CT molecular complexity index is 187. The highest BCUT2D eigenvalue weighted by Gasteiger charge is 1.98. The molecule has 0 atom stereocenters. The fourth-order valence-corrected chi connectivity index (χ4v) is 1.30. The van der Waals surface area contributed by atoms with Crippen molar-refractivity contribution in [2.45, 2.75) is 26.7 Å². The molecule has 16 heavy (non-hydrogen) atoms. The van der Waals surface area contributed by atoms with Gasteiger partial charge in [-0.2, -0.15) is 0 Å². The van der Waals surface area contributed by atoms with Gasteiger partial charge in [0, 0.05) is 20.1 Å². The molecular formula is C12H28N4. The van der Waals surface area contributed by atoms with E-state index in [2.05, 4.69) is 48.5 Å². The van der Waals surface area contributed by atoms with E-state index < -0.39 is 0 Å². The maximum atomic E-state index is 4.18. The first-order valence-corrected chi connectivity index (χ1v) is 6.15. The molecule has 4 nitrogen and oxygen atoms in total. The molecule has 0 aliphatic carbocycles. The molecule has 96 valence electrons. The summed E-state index contributed by atoms with van der Waals surface area (Å²) in [4.78, 5) is 6.37. The summed E-state index contributed by atoms with van der Waals surface area (Å²) in [5.74, 6) is 1.65. The summed E-state index contributed by atoms with van der Waals surface area (Å²) >= 11 is 0. The monoisotopic (exact) mass is 228 g/mol. The molecule has 0 bridgehead atoms. The number of nitrogens with zero attached hydrogens (tertiary/aromatic N) is 2. The molecule has 0 aromatic rings. The van der Waals surface area contributed by atoms with E-state index in [-0.39, 0.29) is 0 Å². The summed E-state index contributed by atoms with van der Waals surface area (Å²) in [7, 11) is 6.00. The molecule has 0 rings (SSSR count). The van der Waals surface area contributed by atoms with Crippen molar-refractivity contribution >= 4 is 5.96 Å². The van der Waals surface area contributed by atoms with Gasteiger partial charge >= 0.3 is 0 Å². The molecule has 0 unspecified atom stereocenters. The summed E-state index contributed by atoms with van der Waals surface area (Å²) in [6, 6.07) is 0. The number of rotatable bonds is 7. The van der Waals surface area contributed by atoms with Gasteiger partial charge in [-0.15, -0.1) is 0 Å². The van der Waals surface area contributed by atoms with Gasteiger partial charge in [0.1, 0.15) is 0 Å². The van der Waals surface area contributed by atoms with Gasteiger partial charge < -0.3 is 15.5 Å². The van der Waals surface area contributed by atoms with Crippen LogP contribution in [0.3, 0.4) is 0 Å². The zero-order chi connectivity index (χ0) is 12.4. The van der Waals surface area contributed by atoms with Crippen LogP contribution in [-0.2, 0) is 0 Å². The SMILES string of the molecule is CN=C(NCCCN(C)C)NCCC(C)C. The number of nitrogens with one attached hydrogen (secondary N) is 2. The smallest absolute Gasteiger partial charge is 0.190 e. The minimum atomic E-state index is 0.736. The molecule has 0 spiro atoms. The molecule has 0 saturated heterocycles. The number of guanidine groups is 1. The van der Waals surface area contributed by atoms with Crippen LogP contribution in [0.15, 0.2) is 4.99 Å². The Morgan fingerprint density at radius 2 is 1.81 bits per heavy atom. The highest BCUT2D eigenvalue weighted by atomic mass is 15.2. The molecule has 0 aliphatic heterocycles. The first-order chi connectivity index (χ1) is 7.56. The van der Waals surface area contributed by atoms with E-state index in [0.29, 0.717) is 0 Å². The van der Waals surface area contributed by atoms with Crippen LogP contribution in [0.1, 0.15) is 26.7 Å². The van der Waals surface area contributed by atoms with Gasteiger partial charge in [0.25, 0.3) is 0 Å². The zero-order valence-corrected chi connectivity index (χ0v) is 11.5. The average Bonchev–Trinajstić information content (AvgIpc) is 2.20. The Kier molecular flexibility index (Phi) is 9.00. The fourth-order valence-electron chi connectivity index (χ4n) is 1.30. The van der Waals surface area contributed by atoms with E-state index in [9.17, 15) is 0 Å². The lowest BCUT2D eigenvalue weighted by molar-refractivity contribution is 0.399. The molecule has 2 N–H and O–H groups in total. The van der Waals surface area contributed by atoms with E-state index >= 15 is 0 Å². The lowest BCUT2D eigenvalue weighted by atomic mass is 10.1. The quantitative estimate of drug-likeness (QED) is 0.390. The molecule has 0 amide bonds. The molecular weight excluding hydrogens is 200 g/mol. The van der Waals surface area contributed by atoms with E-state index in [0.717, 1.165) is 37.9 Å².